The highest BCUT2D eigenvalue weighted by Gasteiger charge is 2.18. The summed E-state index contributed by atoms with van der Waals surface area (Å²) in [6.07, 6.45) is 0. The number of hydrogen-bond donors (Lipinski definition) is 0. The van der Waals surface area contributed by atoms with Gasteiger partial charge in [-0.25, -0.2) is 13.2 Å². The van der Waals surface area contributed by atoms with Gasteiger partial charge in [-0.3, -0.25) is 10.1 Å². The molecule has 0 aliphatic heterocycles. The van der Waals surface area contributed by atoms with Crippen LogP contribution in [-0.4, -0.2) is 19.3 Å². The van der Waals surface area contributed by atoms with Crippen LogP contribution >= 0.6 is 0 Å². The van der Waals surface area contributed by atoms with Gasteiger partial charge in [0.1, 0.15) is 5.75 Å². The first kappa shape index (κ1) is 19.2. The van der Waals surface area contributed by atoms with E-state index in [1.54, 1.807) is 25.1 Å². The van der Waals surface area contributed by atoms with Gasteiger partial charge in [-0.15, -0.1) is 0 Å². The van der Waals surface area contributed by atoms with E-state index in [9.17, 15) is 23.3 Å². The number of carbonyl (C=O) groups is 1. The SMILES string of the molecule is Cc1cccc(S(=O)(=O)c2ccc(OC(=O)c3ccc([N+](=O)[O-])cc3)cc2)c1. The highest BCUT2D eigenvalue weighted by atomic mass is 32.2. The van der Waals surface area contributed by atoms with Gasteiger partial charge in [0.15, 0.2) is 0 Å². The fourth-order valence-electron chi connectivity index (χ4n) is 2.49. The number of nitro benzene ring substituents is 1. The molecule has 0 spiro atoms. The molecule has 0 saturated carbocycles. The number of benzene rings is 3. The van der Waals surface area contributed by atoms with Gasteiger partial charge in [-0.05, 0) is 61.0 Å². The second-order valence-corrected chi connectivity index (χ2v) is 7.93. The van der Waals surface area contributed by atoms with E-state index < -0.39 is 20.7 Å². The summed E-state index contributed by atoms with van der Waals surface area (Å²) < 4.78 is 30.5. The van der Waals surface area contributed by atoms with Crippen molar-refractivity contribution in [3.8, 4) is 5.75 Å². The van der Waals surface area contributed by atoms with Gasteiger partial charge in [0.25, 0.3) is 5.69 Å². The normalized spacial score (nSPS) is 11.0. The lowest BCUT2D eigenvalue weighted by molar-refractivity contribution is -0.384. The number of ether oxygens (including phenoxy) is 1. The molecule has 0 unspecified atom stereocenters. The Morgan fingerprint density at radius 1 is 0.929 bits per heavy atom. The molecule has 7 nitrogen and oxygen atoms in total. The largest absolute Gasteiger partial charge is 0.423 e. The Bertz CT molecular complexity index is 1140. The Balaban J connectivity index is 1.77. The molecule has 28 heavy (non-hydrogen) atoms. The second kappa shape index (κ2) is 7.61. The molecule has 0 bridgehead atoms. The number of aryl methyl sites for hydroxylation is 1. The highest BCUT2D eigenvalue weighted by molar-refractivity contribution is 7.91. The molecular formula is C20H15NO6S. The minimum absolute atomic E-state index is 0.0771. The van der Waals surface area contributed by atoms with E-state index in [2.05, 4.69) is 0 Å². The van der Waals surface area contributed by atoms with Crippen LogP contribution in [0.5, 0.6) is 5.75 Å². The summed E-state index contributed by atoms with van der Waals surface area (Å²) in [7, 11) is -3.68. The van der Waals surface area contributed by atoms with E-state index in [-0.39, 0.29) is 26.8 Å². The smallest absolute Gasteiger partial charge is 0.343 e. The number of nitro groups is 1. The molecule has 0 aliphatic rings. The molecule has 0 aromatic heterocycles. The van der Waals surface area contributed by atoms with Crippen molar-refractivity contribution in [3.05, 3.63) is 94.0 Å². The van der Waals surface area contributed by atoms with Gasteiger partial charge in [0.05, 0.1) is 20.3 Å². The highest BCUT2D eigenvalue weighted by Crippen LogP contribution is 2.24. The number of carbonyl (C=O) groups excluding carboxylic acids is 1. The minimum Gasteiger partial charge on any atom is -0.423 e. The predicted octanol–water partition coefficient (Wildman–Crippen LogP) is 3.96. The summed E-state index contributed by atoms with van der Waals surface area (Å²) in [5.74, 6) is -0.546. The molecular weight excluding hydrogens is 382 g/mol. The van der Waals surface area contributed by atoms with E-state index in [4.69, 9.17) is 4.74 Å². The standard InChI is InChI=1S/C20H15NO6S/c1-14-3-2-4-19(13-14)28(25,26)18-11-9-17(10-12-18)27-20(22)15-5-7-16(8-6-15)21(23)24/h2-13H,1H3. The van der Waals surface area contributed by atoms with Gasteiger partial charge in [0, 0.05) is 12.1 Å². The monoisotopic (exact) mass is 397 g/mol. The third-order valence-corrected chi connectivity index (χ3v) is 5.73. The zero-order chi connectivity index (χ0) is 20.3. The molecule has 8 heteroatoms. The summed E-state index contributed by atoms with van der Waals surface area (Å²) >= 11 is 0. The van der Waals surface area contributed by atoms with Gasteiger partial charge in [0.2, 0.25) is 9.84 Å². The average Bonchev–Trinajstić information content (AvgIpc) is 2.68. The van der Waals surface area contributed by atoms with Crippen molar-refractivity contribution >= 4 is 21.5 Å². The number of esters is 1. The Morgan fingerprint density at radius 3 is 2.14 bits per heavy atom. The number of sulfone groups is 1. The van der Waals surface area contributed by atoms with Crippen molar-refractivity contribution in [2.75, 3.05) is 0 Å². The Kier molecular flexibility index (Phi) is 5.23. The molecule has 0 heterocycles. The maximum Gasteiger partial charge on any atom is 0.343 e. The predicted molar refractivity (Wildman–Crippen MR) is 101 cm³/mol. The van der Waals surface area contributed by atoms with Crippen molar-refractivity contribution < 1.29 is 22.9 Å². The Labute approximate surface area is 161 Å². The van der Waals surface area contributed by atoms with E-state index in [0.29, 0.717) is 0 Å². The van der Waals surface area contributed by atoms with Crippen LogP contribution in [-0.2, 0) is 9.84 Å². The molecule has 3 aromatic carbocycles. The topological polar surface area (TPSA) is 104 Å². The van der Waals surface area contributed by atoms with Gasteiger partial charge in [-0.1, -0.05) is 12.1 Å². The first-order chi connectivity index (χ1) is 13.3. The van der Waals surface area contributed by atoms with Gasteiger partial charge in [-0.2, -0.15) is 0 Å². The van der Waals surface area contributed by atoms with E-state index in [1.165, 1.54) is 54.6 Å². The van der Waals surface area contributed by atoms with Crippen LogP contribution in [0.3, 0.4) is 0 Å². The summed E-state index contributed by atoms with van der Waals surface area (Å²) in [4.78, 5) is 22.5. The van der Waals surface area contributed by atoms with Crippen molar-refractivity contribution in [2.24, 2.45) is 0 Å². The van der Waals surface area contributed by atoms with Crippen molar-refractivity contribution in [1.82, 2.24) is 0 Å². The summed E-state index contributed by atoms with van der Waals surface area (Å²) in [5.41, 5.74) is 0.832. The molecule has 0 radical (unpaired) electrons. The molecule has 3 aromatic rings. The van der Waals surface area contributed by atoms with Crippen LogP contribution in [0.1, 0.15) is 15.9 Å². The van der Waals surface area contributed by atoms with E-state index in [1.807, 2.05) is 0 Å². The van der Waals surface area contributed by atoms with E-state index in [0.717, 1.165) is 5.56 Å². The summed E-state index contributed by atoms with van der Waals surface area (Å²) in [6.45, 7) is 1.81. The van der Waals surface area contributed by atoms with E-state index >= 15 is 0 Å². The fourth-order valence-corrected chi connectivity index (χ4v) is 3.86. The van der Waals surface area contributed by atoms with Gasteiger partial charge < -0.3 is 4.74 Å². The Morgan fingerprint density at radius 2 is 1.57 bits per heavy atom. The number of non-ortho nitro benzene ring substituents is 1. The maximum atomic E-state index is 12.7. The number of rotatable bonds is 5. The molecule has 0 saturated heterocycles. The van der Waals surface area contributed by atoms with Crippen molar-refractivity contribution in [2.45, 2.75) is 16.7 Å². The van der Waals surface area contributed by atoms with Crippen LogP contribution in [0.15, 0.2) is 82.6 Å². The summed E-state index contributed by atoms with van der Waals surface area (Å²) in [5, 5.41) is 10.6. The van der Waals surface area contributed by atoms with Crippen LogP contribution < -0.4 is 4.74 Å². The molecule has 3 rings (SSSR count). The molecule has 0 aliphatic carbocycles. The molecule has 0 atom stereocenters. The molecule has 0 amide bonds. The quantitative estimate of drug-likeness (QED) is 0.279. The molecule has 0 N–H and O–H groups in total. The van der Waals surface area contributed by atoms with Crippen molar-refractivity contribution in [3.63, 3.8) is 0 Å². The number of hydrogen-bond acceptors (Lipinski definition) is 6. The summed E-state index contributed by atoms with van der Waals surface area (Å²) in [6, 6.07) is 17.0. The Hall–Kier alpha value is -3.52. The fraction of sp³-hybridized carbons (Fsp3) is 0.0500. The lowest BCUT2D eigenvalue weighted by Crippen LogP contribution is -2.09. The third-order valence-electron chi connectivity index (χ3n) is 3.96. The first-order valence-electron chi connectivity index (χ1n) is 8.16. The third kappa shape index (κ3) is 4.07. The zero-order valence-electron chi connectivity index (χ0n) is 14.7. The first-order valence-corrected chi connectivity index (χ1v) is 9.64. The van der Waals surface area contributed by atoms with Crippen molar-refractivity contribution in [1.29, 1.82) is 0 Å². The van der Waals surface area contributed by atoms with Crippen LogP contribution in [0.4, 0.5) is 5.69 Å². The van der Waals surface area contributed by atoms with Crippen LogP contribution in [0.2, 0.25) is 0 Å². The van der Waals surface area contributed by atoms with Gasteiger partial charge >= 0.3 is 5.97 Å². The lowest BCUT2D eigenvalue weighted by Gasteiger charge is -2.08. The zero-order valence-corrected chi connectivity index (χ0v) is 15.5. The molecule has 0 fully saturated rings. The van der Waals surface area contributed by atoms with Crippen LogP contribution in [0, 0.1) is 17.0 Å². The average molecular weight is 397 g/mol. The maximum absolute atomic E-state index is 12.7. The lowest BCUT2D eigenvalue weighted by atomic mass is 10.2. The number of nitrogens with zero attached hydrogens (tertiary/aromatic N) is 1. The second-order valence-electron chi connectivity index (χ2n) is 5.98. The minimum atomic E-state index is -3.68. The van der Waals surface area contributed by atoms with Crippen LogP contribution in [0.25, 0.3) is 0 Å². The molecule has 142 valence electrons.